The standard InChI is InChI=1S/C18H31N3O2/c1-17(2)13-7-8-18(17,3)14(12-13)20-16(23)19-9-5-11-21-10-4-6-15(21)22/h13-14H,4-12H2,1-3H3,(H2,19,20,23). The Labute approximate surface area is 139 Å². The second-order valence-corrected chi connectivity index (χ2v) is 8.40. The second-order valence-electron chi connectivity index (χ2n) is 8.40. The van der Waals surface area contributed by atoms with E-state index in [1.807, 2.05) is 4.90 Å². The minimum Gasteiger partial charge on any atom is -0.343 e. The van der Waals surface area contributed by atoms with Crippen molar-refractivity contribution in [3.05, 3.63) is 0 Å². The third kappa shape index (κ3) is 2.83. The van der Waals surface area contributed by atoms with E-state index in [1.165, 1.54) is 12.8 Å². The average Bonchev–Trinajstić information content (AvgIpc) is 3.05. The van der Waals surface area contributed by atoms with Gasteiger partial charge in [0.05, 0.1) is 0 Å². The predicted molar refractivity (Wildman–Crippen MR) is 90.0 cm³/mol. The highest BCUT2D eigenvalue weighted by molar-refractivity contribution is 5.78. The lowest BCUT2D eigenvalue weighted by atomic mass is 9.69. The van der Waals surface area contributed by atoms with E-state index in [2.05, 4.69) is 31.4 Å². The number of hydrogen-bond donors (Lipinski definition) is 2. The number of amides is 3. The fourth-order valence-corrected chi connectivity index (χ4v) is 5.04. The molecular formula is C18H31N3O2. The number of carbonyl (C=O) groups excluding carboxylic acids is 2. The summed E-state index contributed by atoms with van der Waals surface area (Å²) < 4.78 is 0. The molecule has 2 aliphatic carbocycles. The van der Waals surface area contributed by atoms with Crippen LogP contribution >= 0.6 is 0 Å². The maximum absolute atomic E-state index is 12.2. The van der Waals surface area contributed by atoms with E-state index in [9.17, 15) is 9.59 Å². The Hall–Kier alpha value is -1.26. The summed E-state index contributed by atoms with van der Waals surface area (Å²) in [7, 11) is 0. The molecule has 2 saturated carbocycles. The van der Waals surface area contributed by atoms with Crippen molar-refractivity contribution in [2.45, 2.75) is 65.3 Å². The van der Waals surface area contributed by atoms with Crippen molar-refractivity contribution in [3.8, 4) is 0 Å². The number of nitrogens with zero attached hydrogens (tertiary/aromatic N) is 1. The third-order valence-corrected chi connectivity index (χ3v) is 7.16. The number of fused-ring (bicyclic) bond motifs is 2. The van der Waals surface area contributed by atoms with Crippen LogP contribution in [0, 0.1) is 16.7 Å². The van der Waals surface area contributed by atoms with Crippen molar-refractivity contribution >= 4 is 11.9 Å². The van der Waals surface area contributed by atoms with Gasteiger partial charge < -0.3 is 15.5 Å². The summed E-state index contributed by atoms with van der Waals surface area (Å²) in [4.78, 5) is 25.6. The van der Waals surface area contributed by atoms with E-state index in [0.29, 0.717) is 18.4 Å². The van der Waals surface area contributed by atoms with Gasteiger partial charge in [-0.1, -0.05) is 20.8 Å². The quantitative estimate of drug-likeness (QED) is 0.764. The molecule has 1 heterocycles. The highest BCUT2D eigenvalue weighted by Gasteiger charge is 2.61. The number of likely N-dealkylation sites (tertiary alicyclic amines) is 1. The summed E-state index contributed by atoms with van der Waals surface area (Å²) in [5.41, 5.74) is 0.540. The van der Waals surface area contributed by atoms with E-state index in [0.717, 1.165) is 38.3 Å². The molecule has 0 aromatic heterocycles. The normalized spacial score (nSPS) is 34.9. The minimum atomic E-state index is -0.0488. The number of carbonyl (C=O) groups is 2. The molecule has 0 aromatic rings. The van der Waals surface area contributed by atoms with Crippen molar-refractivity contribution in [1.82, 2.24) is 15.5 Å². The Morgan fingerprint density at radius 3 is 2.70 bits per heavy atom. The van der Waals surface area contributed by atoms with Gasteiger partial charge in [0.2, 0.25) is 5.91 Å². The van der Waals surface area contributed by atoms with Gasteiger partial charge in [-0.15, -0.1) is 0 Å². The van der Waals surface area contributed by atoms with Crippen LogP contribution in [0.5, 0.6) is 0 Å². The molecule has 23 heavy (non-hydrogen) atoms. The lowest BCUT2D eigenvalue weighted by Gasteiger charge is -2.39. The molecule has 130 valence electrons. The largest absolute Gasteiger partial charge is 0.343 e. The van der Waals surface area contributed by atoms with Gasteiger partial charge in [0, 0.05) is 32.1 Å². The number of nitrogens with one attached hydrogen (secondary N) is 2. The summed E-state index contributed by atoms with van der Waals surface area (Å²) in [5.74, 6) is 0.991. The first kappa shape index (κ1) is 16.6. The van der Waals surface area contributed by atoms with Crippen molar-refractivity contribution in [3.63, 3.8) is 0 Å². The molecule has 5 nitrogen and oxygen atoms in total. The molecular weight excluding hydrogens is 290 g/mol. The van der Waals surface area contributed by atoms with Gasteiger partial charge in [-0.05, 0) is 48.9 Å². The summed E-state index contributed by atoms with van der Waals surface area (Å²) >= 11 is 0. The van der Waals surface area contributed by atoms with E-state index in [1.54, 1.807) is 0 Å². The Bertz CT molecular complexity index is 491. The summed E-state index contributed by atoms with van der Waals surface area (Å²) in [5, 5.41) is 6.18. The van der Waals surface area contributed by atoms with Crippen LogP contribution in [0.3, 0.4) is 0 Å². The molecule has 3 rings (SSSR count). The molecule has 3 atom stereocenters. The molecule has 1 aliphatic heterocycles. The molecule has 0 radical (unpaired) electrons. The maximum atomic E-state index is 12.2. The van der Waals surface area contributed by atoms with E-state index in [-0.39, 0.29) is 23.4 Å². The van der Waals surface area contributed by atoms with Gasteiger partial charge in [-0.25, -0.2) is 4.79 Å². The van der Waals surface area contributed by atoms with Crippen molar-refractivity contribution in [2.24, 2.45) is 16.7 Å². The van der Waals surface area contributed by atoms with Crippen molar-refractivity contribution < 1.29 is 9.59 Å². The molecule has 0 spiro atoms. The van der Waals surface area contributed by atoms with E-state index >= 15 is 0 Å². The molecule has 3 amide bonds. The van der Waals surface area contributed by atoms with Crippen LogP contribution in [0.15, 0.2) is 0 Å². The van der Waals surface area contributed by atoms with Crippen LogP contribution < -0.4 is 10.6 Å². The minimum absolute atomic E-state index is 0.0488. The van der Waals surface area contributed by atoms with E-state index in [4.69, 9.17) is 0 Å². The predicted octanol–water partition coefficient (Wildman–Crippen LogP) is 2.51. The fraction of sp³-hybridized carbons (Fsp3) is 0.889. The molecule has 1 saturated heterocycles. The van der Waals surface area contributed by atoms with Gasteiger partial charge in [0.25, 0.3) is 0 Å². The monoisotopic (exact) mass is 321 g/mol. The highest BCUT2D eigenvalue weighted by atomic mass is 16.2. The summed E-state index contributed by atoms with van der Waals surface area (Å²) in [6.07, 6.45) is 6.11. The van der Waals surface area contributed by atoms with Crippen LogP contribution in [0.25, 0.3) is 0 Å². The summed E-state index contributed by atoms with van der Waals surface area (Å²) in [6.45, 7) is 9.32. The van der Waals surface area contributed by atoms with Gasteiger partial charge in [0.1, 0.15) is 0 Å². The summed E-state index contributed by atoms with van der Waals surface area (Å²) in [6, 6.07) is 0.240. The SMILES string of the molecule is CC1(C)C2CCC1(C)C(NC(=O)NCCCN1CCCC1=O)C2. The van der Waals surface area contributed by atoms with E-state index < -0.39 is 0 Å². The average molecular weight is 321 g/mol. The van der Waals surface area contributed by atoms with Crippen LogP contribution in [-0.4, -0.2) is 42.5 Å². The first-order valence-corrected chi connectivity index (χ1v) is 9.17. The van der Waals surface area contributed by atoms with Crippen LogP contribution in [-0.2, 0) is 4.79 Å². The Balaban J connectivity index is 1.40. The van der Waals surface area contributed by atoms with Gasteiger partial charge in [-0.2, -0.15) is 0 Å². The Kier molecular flexibility index (Phi) is 4.32. The van der Waals surface area contributed by atoms with Crippen LogP contribution in [0.2, 0.25) is 0 Å². The smallest absolute Gasteiger partial charge is 0.315 e. The number of urea groups is 1. The zero-order valence-corrected chi connectivity index (χ0v) is 14.8. The second kappa shape index (κ2) is 5.99. The lowest BCUT2D eigenvalue weighted by Crippen LogP contribution is -2.50. The van der Waals surface area contributed by atoms with Gasteiger partial charge in [-0.3, -0.25) is 4.79 Å². The zero-order chi connectivity index (χ0) is 16.7. The van der Waals surface area contributed by atoms with Crippen molar-refractivity contribution in [2.75, 3.05) is 19.6 Å². The molecule has 0 aromatic carbocycles. The molecule has 3 aliphatic rings. The zero-order valence-electron chi connectivity index (χ0n) is 14.8. The molecule has 2 bridgehead atoms. The highest BCUT2D eigenvalue weighted by Crippen LogP contribution is 2.65. The number of rotatable bonds is 5. The Morgan fingerprint density at radius 2 is 2.13 bits per heavy atom. The number of hydrogen-bond acceptors (Lipinski definition) is 2. The van der Waals surface area contributed by atoms with Crippen molar-refractivity contribution in [1.29, 1.82) is 0 Å². The van der Waals surface area contributed by atoms with Crippen LogP contribution in [0.1, 0.15) is 59.3 Å². The molecule has 3 fully saturated rings. The van der Waals surface area contributed by atoms with Crippen LogP contribution in [0.4, 0.5) is 4.79 Å². The first-order valence-electron chi connectivity index (χ1n) is 9.17. The van der Waals surface area contributed by atoms with Gasteiger partial charge in [0.15, 0.2) is 0 Å². The van der Waals surface area contributed by atoms with Gasteiger partial charge >= 0.3 is 6.03 Å². The molecule has 2 N–H and O–H groups in total. The Morgan fingerprint density at radius 1 is 1.35 bits per heavy atom. The third-order valence-electron chi connectivity index (χ3n) is 7.16. The molecule has 5 heteroatoms. The fourth-order valence-electron chi connectivity index (χ4n) is 5.04. The first-order chi connectivity index (χ1) is 10.8. The molecule has 3 unspecified atom stereocenters. The maximum Gasteiger partial charge on any atom is 0.315 e. The topological polar surface area (TPSA) is 61.4 Å². The lowest BCUT2D eigenvalue weighted by molar-refractivity contribution is -0.127.